The molecule has 0 aliphatic carbocycles. The number of nitrogens with one attached hydrogen (secondary N) is 1. The molecule has 3 nitrogen and oxygen atoms in total. The second-order valence-electron chi connectivity index (χ2n) is 5.13. The SMILES string of the molecule is COc1ccccc1C=CC(=O)NCC(C)c1ccccc1. The monoisotopic (exact) mass is 295 g/mol. The quantitative estimate of drug-likeness (QED) is 0.826. The average molecular weight is 295 g/mol. The third-order valence-electron chi connectivity index (χ3n) is 3.50. The van der Waals surface area contributed by atoms with Crippen molar-refractivity contribution < 1.29 is 9.53 Å². The summed E-state index contributed by atoms with van der Waals surface area (Å²) in [6.45, 7) is 2.71. The highest BCUT2D eigenvalue weighted by molar-refractivity contribution is 5.92. The normalized spacial score (nSPS) is 12.1. The van der Waals surface area contributed by atoms with Crippen LogP contribution in [0.15, 0.2) is 60.7 Å². The molecule has 0 bridgehead atoms. The summed E-state index contributed by atoms with van der Waals surface area (Å²) >= 11 is 0. The number of rotatable bonds is 6. The summed E-state index contributed by atoms with van der Waals surface area (Å²) in [5.74, 6) is 0.933. The lowest BCUT2D eigenvalue weighted by atomic mass is 10.0. The van der Waals surface area contributed by atoms with Gasteiger partial charge in [-0.1, -0.05) is 55.5 Å². The number of methoxy groups -OCH3 is 1. The van der Waals surface area contributed by atoms with E-state index >= 15 is 0 Å². The zero-order chi connectivity index (χ0) is 15.8. The summed E-state index contributed by atoms with van der Waals surface area (Å²) in [5, 5.41) is 2.92. The summed E-state index contributed by atoms with van der Waals surface area (Å²) in [6.07, 6.45) is 3.30. The van der Waals surface area contributed by atoms with Crippen molar-refractivity contribution in [3.63, 3.8) is 0 Å². The van der Waals surface area contributed by atoms with E-state index in [-0.39, 0.29) is 11.8 Å². The van der Waals surface area contributed by atoms with E-state index in [0.29, 0.717) is 6.54 Å². The predicted octanol–water partition coefficient (Wildman–Crippen LogP) is 3.63. The van der Waals surface area contributed by atoms with Crippen LogP contribution in [-0.4, -0.2) is 19.6 Å². The van der Waals surface area contributed by atoms with Gasteiger partial charge >= 0.3 is 0 Å². The molecule has 1 N–H and O–H groups in total. The Morgan fingerprint density at radius 2 is 1.82 bits per heavy atom. The van der Waals surface area contributed by atoms with Gasteiger partial charge in [0, 0.05) is 18.2 Å². The van der Waals surface area contributed by atoms with Crippen molar-refractivity contribution in [3.05, 3.63) is 71.8 Å². The molecule has 2 rings (SSSR count). The maximum absolute atomic E-state index is 11.9. The van der Waals surface area contributed by atoms with Crippen LogP contribution in [0.25, 0.3) is 6.08 Å². The lowest BCUT2D eigenvalue weighted by Crippen LogP contribution is -2.25. The Balaban J connectivity index is 1.89. The first-order chi connectivity index (χ1) is 10.7. The van der Waals surface area contributed by atoms with Gasteiger partial charge in [0.25, 0.3) is 0 Å². The molecule has 1 atom stereocenters. The van der Waals surface area contributed by atoms with Crippen molar-refractivity contribution in [1.29, 1.82) is 0 Å². The van der Waals surface area contributed by atoms with Crippen molar-refractivity contribution in [3.8, 4) is 5.75 Å². The number of hydrogen-bond acceptors (Lipinski definition) is 2. The molecule has 0 aliphatic heterocycles. The molecule has 0 radical (unpaired) electrons. The highest BCUT2D eigenvalue weighted by atomic mass is 16.5. The molecule has 0 fully saturated rings. The van der Waals surface area contributed by atoms with E-state index in [1.807, 2.05) is 42.5 Å². The van der Waals surface area contributed by atoms with Gasteiger partial charge in [-0.25, -0.2) is 0 Å². The fourth-order valence-electron chi connectivity index (χ4n) is 2.18. The molecule has 0 aromatic heterocycles. The summed E-state index contributed by atoms with van der Waals surface area (Å²) < 4.78 is 5.25. The van der Waals surface area contributed by atoms with E-state index in [0.717, 1.165) is 11.3 Å². The summed E-state index contributed by atoms with van der Waals surface area (Å²) in [6, 6.07) is 17.7. The zero-order valence-corrected chi connectivity index (χ0v) is 13.0. The van der Waals surface area contributed by atoms with Crippen LogP contribution in [0.1, 0.15) is 24.0 Å². The second-order valence-corrected chi connectivity index (χ2v) is 5.13. The largest absolute Gasteiger partial charge is 0.496 e. The van der Waals surface area contributed by atoms with Crippen molar-refractivity contribution in [2.45, 2.75) is 12.8 Å². The molecular weight excluding hydrogens is 274 g/mol. The van der Waals surface area contributed by atoms with Gasteiger partial charge in [0.1, 0.15) is 5.75 Å². The van der Waals surface area contributed by atoms with Crippen molar-refractivity contribution in [2.24, 2.45) is 0 Å². The Morgan fingerprint density at radius 1 is 1.14 bits per heavy atom. The number of carbonyl (C=O) groups excluding carboxylic acids is 1. The molecule has 0 heterocycles. The Bertz CT molecular complexity index is 635. The maximum atomic E-state index is 11.9. The van der Waals surface area contributed by atoms with Crippen LogP contribution in [0, 0.1) is 0 Å². The van der Waals surface area contributed by atoms with Crippen LogP contribution >= 0.6 is 0 Å². The molecular formula is C19H21NO2. The Hall–Kier alpha value is -2.55. The molecule has 0 spiro atoms. The molecule has 0 saturated carbocycles. The molecule has 2 aromatic rings. The van der Waals surface area contributed by atoms with Gasteiger partial charge in [0.05, 0.1) is 7.11 Å². The van der Waals surface area contributed by atoms with Gasteiger partial charge in [-0.15, -0.1) is 0 Å². The molecule has 114 valence electrons. The molecule has 1 amide bonds. The first-order valence-electron chi connectivity index (χ1n) is 7.34. The van der Waals surface area contributed by atoms with E-state index < -0.39 is 0 Å². The average Bonchev–Trinajstić information content (AvgIpc) is 2.58. The Morgan fingerprint density at radius 3 is 2.55 bits per heavy atom. The first-order valence-corrected chi connectivity index (χ1v) is 7.34. The van der Waals surface area contributed by atoms with E-state index in [9.17, 15) is 4.79 Å². The molecule has 0 saturated heterocycles. The minimum Gasteiger partial charge on any atom is -0.496 e. The standard InChI is InChI=1S/C19H21NO2/c1-15(16-8-4-3-5-9-16)14-20-19(21)13-12-17-10-6-7-11-18(17)22-2/h3-13,15H,14H2,1-2H3,(H,20,21). The van der Waals surface area contributed by atoms with Crippen LogP contribution in [0.4, 0.5) is 0 Å². The van der Waals surface area contributed by atoms with Crippen LogP contribution in [0.2, 0.25) is 0 Å². The lowest BCUT2D eigenvalue weighted by Gasteiger charge is -2.12. The summed E-state index contributed by atoms with van der Waals surface area (Å²) in [5.41, 5.74) is 2.10. The van der Waals surface area contributed by atoms with E-state index in [1.54, 1.807) is 13.2 Å². The minimum absolute atomic E-state index is 0.103. The number of ether oxygens (including phenoxy) is 1. The Labute approximate surface area is 131 Å². The van der Waals surface area contributed by atoms with Crippen LogP contribution in [0.3, 0.4) is 0 Å². The Kier molecular flexibility index (Phi) is 5.78. The highest BCUT2D eigenvalue weighted by Gasteiger charge is 2.06. The number of carbonyl (C=O) groups is 1. The molecule has 3 heteroatoms. The van der Waals surface area contributed by atoms with Gasteiger partial charge < -0.3 is 10.1 Å². The first kappa shape index (κ1) is 15.8. The minimum atomic E-state index is -0.103. The lowest BCUT2D eigenvalue weighted by molar-refractivity contribution is -0.116. The predicted molar refractivity (Wildman–Crippen MR) is 89.9 cm³/mol. The van der Waals surface area contributed by atoms with E-state index in [2.05, 4.69) is 24.4 Å². The zero-order valence-electron chi connectivity index (χ0n) is 13.0. The van der Waals surface area contributed by atoms with Gasteiger partial charge in [0.15, 0.2) is 0 Å². The topological polar surface area (TPSA) is 38.3 Å². The van der Waals surface area contributed by atoms with Gasteiger partial charge in [-0.05, 0) is 23.6 Å². The van der Waals surface area contributed by atoms with Crippen LogP contribution in [-0.2, 0) is 4.79 Å². The van der Waals surface area contributed by atoms with Gasteiger partial charge in [0.2, 0.25) is 5.91 Å². The number of amides is 1. The fourth-order valence-corrected chi connectivity index (χ4v) is 2.18. The van der Waals surface area contributed by atoms with E-state index in [1.165, 1.54) is 11.6 Å². The van der Waals surface area contributed by atoms with Gasteiger partial charge in [-0.3, -0.25) is 4.79 Å². The number of hydrogen-bond donors (Lipinski definition) is 1. The van der Waals surface area contributed by atoms with Crippen molar-refractivity contribution in [1.82, 2.24) is 5.32 Å². The second kappa shape index (κ2) is 8.03. The number of benzene rings is 2. The summed E-state index contributed by atoms with van der Waals surface area (Å²) in [7, 11) is 1.62. The van der Waals surface area contributed by atoms with E-state index in [4.69, 9.17) is 4.74 Å². The fraction of sp³-hybridized carbons (Fsp3) is 0.211. The molecule has 2 aromatic carbocycles. The van der Waals surface area contributed by atoms with Crippen LogP contribution < -0.4 is 10.1 Å². The number of para-hydroxylation sites is 1. The third kappa shape index (κ3) is 4.48. The maximum Gasteiger partial charge on any atom is 0.244 e. The van der Waals surface area contributed by atoms with Crippen molar-refractivity contribution >= 4 is 12.0 Å². The van der Waals surface area contributed by atoms with Crippen molar-refractivity contribution in [2.75, 3.05) is 13.7 Å². The molecule has 0 aliphatic rings. The van der Waals surface area contributed by atoms with Crippen LogP contribution in [0.5, 0.6) is 5.75 Å². The molecule has 1 unspecified atom stereocenters. The summed E-state index contributed by atoms with van der Waals surface area (Å²) in [4.78, 5) is 11.9. The highest BCUT2D eigenvalue weighted by Crippen LogP contribution is 2.18. The molecule has 22 heavy (non-hydrogen) atoms. The smallest absolute Gasteiger partial charge is 0.244 e. The third-order valence-corrected chi connectivity index (χ3v) is 3.50. The van der Waals surface area contributed by atoms with Gasteiger partial charge in [-0.2, -0.15) is 0 Å².